The first kappa shape index (κ1) is 17.2. The number of carbonyl (C=O) groups is 2. The Bertz CT molecular complexity index is 606. The van der Waals surface area contributed by atoms with Gasteiger partial charge in [0, 0.05) is 13.2 Å². The van der Waals surface area contributed by atoms with Crippen LogP contribution in [0.1, 0.15) is 56.8 Å². The molecule has 1 fully saturated rings. The van der Waals surface area contributed by atoms with Crippen LogP contribution in [0.2, 0.25) is 0 Å². The number of esters is 1. The molecule has 0 aromatic carbocycles. The second kappa shape index (κ2) is 6.14. The van der Waals surface area contributed by atoms with E-state index in [1.165, 1.54) is 17.2 Å². The Morgan fingerprint density at radius 3 is 2.52 bits per heavy atom. The van der Waals surface area contributed by atoms with Gasteiger partial charge in [-0.3, -0.25) is 4.90 Å². The lowest BCUT2D eigenvalue weighted by Gasteiger charge is -2.30. The van der Waals surface area contributed by atoms with Gasteiger partial charge in [0.05, 0.1) is 6.61 Å². The van der Waals surface area contributed by atoms with Crippen LogP contribution in [0.5, 0.6) is 0 Å². The van der Waals surface area contributed by atoms with Crippen molar-refractivity contribution in [3.63, 3.8) is 0 Å². The van der Waals surface area contributed by atoms with E-state index in [0.29, 0.717) is 5.82 Å². The molecule has 1 aliphatic carbocycles. The van der Waals surface area contributed by atoms with Crippen molar-refractivity contribution in [2.75, 3.05) is 13.7 Å². The summed E-state index contributed by atoms with van der Waals surface area (Å²) in [5, 5.41) is 0. The van der Waals surface area contributed by atoms with Crippen LogP contribution in [-0.4, -0.2) is 46.2 Å². The van der Waals surface area contributed by atoms with Crippen molar-refractivity contribution in [2.45, 2.75) is 51.7 Å². The zero-order valence-corrected chi connectivity index (χ0v) is 14.3. The smallest absolute Gasteiger partial charge is 0.410 e. The van der Waals surface area contributed by atoms with Gasteiger partial charge < -0.3 is 9.47 Å². The minimum absolute atomic E-state index is 0.195. The molecule has 7 nitrogen and oxygen atoms in total. The van der Waals surface area contributed by atoms with Gasteiger partial charge in [-0.15, -0.1) is 0 Å². The standard InChI is InChI=1S/C16H23N3O4/c1-6-22-12(20)11-7-10-17-13(18-11)16(8-9-16)19(5)14(21)23-15(2,3)4/h7,10H,6,8-9H2,1-5H3. The summed E-state index contributed by atoms with van der Waals surface area (Å²) in [5.41, 5.74) is -0.986. The van der Waals surface area contributed by atoms with Gasteiger partial charge in [0.15, 0.2) is 11.5 Å². The van der Waals surface area contributed by atoms with Gasteiger partial charge in [-0.05, 0) is 46.6 Å². The summed E-state index contributed by atoms with van der Waals surface area (Å²) in [7, 11) is 1.67. The van der Waals surface area contributed by atoms with E-state index in [2.05, 4.69) is 9.97 Å². The highest BCUT2D eigenvalue weighted by molar-refractivity contribution is 5.87. The van der Waals surface area contributed by atoms with E-state index in [1.54, 1.807) is 14.0 Å². The molecule has 23 heavy (non-hydrogen) atoms. The van der Waals surface area contributed by atoms with E-state index >= 15 is 0 Å². The molecule has 0 spiro atoms. The Hall–Kier alpha value is -2.18. The molecule has 7 heteroatoms. The number of ether oxygens (including phenoxy) is 2. The molecule has 0 aliphatic heterocycles. The molecule has 1 saturated carbocycles. The first-order chi connectivity index (χ1) is 10.7. The van der Waals surface area contributed by atoms with Crippen molar-refractivity contribution in [1.29, 1.82) is 0 Å². The zero-order chi connectivity index (χ0) is 17.3. The molecule has 1 heterocycles. The molecule has 2 rings (SSSR count). The van der Waals surface area contributed by atoms with Crippen molar-refractivity contribution in [1.82, 2.24) is 14.9 Å². The van der Waals surface area contributed by atoms with Gasteiger partial charge in [0.25, 0.3) is 0 Å². The summed E-state index contributed by atoms with van der Waals surface area (Å²) < 4.78 is 10.4. The molecule has 126 valence electrons. The number of rotatable bonds is 4. The van der Waals surface area contributed by atoms with E-state index in [1.807, 2.05) is 20.8 Å². The number of amides is 1. The Morgan fingerprint density at radius 2 is 2.00 bits per heavy atom. The Kier molecular flexibility index (Phi) is 4.58. The summed E-state index contributed by atoms with van der Waals surface area (Å²) >= 11 is 0. The predicted molar refractivity (Wildman–Crippen MR) is 82.9 cm³/mol. The SMILES string of the molecule is CCOC(=O)c1ccnc(C2(N(C)C(=O)OC(C)(C)C)CC2)n1. The molecule has 0 N–H and O–H groups in total. The van der Waals surface area contributed by atoms with Crippen LogP contribution in [0.25, 0.3) is 0 Å². The maximum atomic E-state index is 12.3. The summed E-state index contributed by atoms with van der Waals surface area (Å²) in [5.74, 6) is -0.0525. The van der Waals surface area contributed by atoms with Gasteiger partial charge in [-0.2, -0.15) is 0 Å². The van der Waals surface area contributed by atoms with Crippen molar-refractivity contribution in [3.05, 3.63) is 23.8 Å². The number of hydrogen-bond acceptors (Lipinski definition) is 6. The van der Waals surface area contributed by atoms with E-state index in [-0.39, 0.29) is 12.3 Å². The van der Waals surface area contributed by atoms with Crippen LogP contribution in [0.15, 0.2) is 12.3 Å². The van der Waals surface area contributed by atoms with E-state index in [9.17, 15) is 9.59 Å². The normalized spacial score (nSPS) is 15.7. The highest BCUT2D eigenvalue weighted by Gasteiger charge is 2.53. The molecule has 0 saturated heterocycles. The summed E-state index contributed by atoms with van der Waals surface area (Å²) in [6, 6.07) is 1.51. The highest BCUT2D eigenvalue weighted by Crippen LogP contribution is 2.49. The lowest BCUT2D eigenvalue weighted by atomic mass is 10.2. The molecule has 0 bridgehead atoms. The predicted octanol–water partition coefficient (Wildman–Crippen LogP) is 2.51. The molecule has 1 aliphatic rings. The maximum Gasteiger partial charge on any atom is 0.410 e. The first-order valence-corrected chi connectivity index (χ1v) is 7.67. The summed E-state index contributed by atoms with van der Waals surface area (Å²) in [6.07, 6.45) is 2.54. The van der Waals surface area contributed by atoms with Gasteiger partial charge in [-0.25, -0.2) is 19.6 Å². The Labute approximate surface area is 136 Å². The monoisotopic (exact) mass is 321 g/mol. The maximum absolute atomic E-state index is 12.3. The minimum Gasteiger partial charge on any atom is -0.461 e. The molecule has 1 aromatic heterocycles. The fourth-order valence-corrected chi connectivity index (χ4v) is 2.23. The molecule has 0 unspecified atom stereocenters. The quantitative estimate of drug-likeness (QED) is 0.793. The zero-order valence-electron chi connectivity index (χ0n) is 14.3. The molecule has 1 aromatic rings. The summed E-state index contributed by atoms with van der Waals surface area (Å²) in [4.78, 5) is 34.2. The largest absolute Gasteiger partial charge is 0.461 e. The average Bonchev–Trinajstić information content (AvgIpc) is 3.27. The van der Waals surface area contributed by atoms with Crippen LogP contribution in [0.3, 0.4) is 0 Å². The molecule has 0 atom stereocenters. The average molecular weight is 321 g/mol. The number of carbonyl (C=O) groups excluding carboxylic acids is 2. The minimum atomic E-state index is -0.606. The third-order valence-electron chi connectivity index (χ3n) is 3.59. The van der Waals surface area contributed by atoms with Crippen molar-refractivity contribution < 1.29 is 19.1 Å². The van der Waals surface area contributed by atoms with E-state index in [4.69, 9.17) is 9.47 Å². The van der Waals surface area contributed by atoms with E-state index in [0.717, 1.165) is 12.8 Å². The second-order valence-corrected chi connectivity index (χ2v) is 6.56. The van der Waals surface area contributed by atoms with Gasteiger partial charge in [0.1, 0.15) is 11.1 Å². The Balaban J connectivity index is 2.22. The molecular formula is C16H23N3O4. The number of aromatic nitrogens is 2. The topological polar surface area (TPSA) is 81.6 Å². The third-order valence-corrected chi connectivity index (χ3v) is 3.59. The second-order valence-electron chi connectivity index (χ2n) is 6.56. The van der Waals surface area contributed by atoms with Crippen molar-refractivity contribution in [3.8, 4) is 0 Å². The van der Waals surface area contributed by atoms with Crippen molar-refractivity contribution >= 4 is 12.1 Å². The molecular weight excluding hydrogens is 298 g/mol. The van der Waals surface area contributed by atoms with Crippen LogP contribution >= 0.6 is 0 Å². The van der Waals surface area contributed by atoms with Gasteiger partial charge in [0.2, 0.25) is 0 Å². The Morgan fingerprint density at radius 1 is 1.35 bits per heavy atom. The van der Waals surface area contributed by atoms with Gasteiger partial charge in [-0.1, -0.05) is 0 Å². The number of nitrogens with zero attached hydrogens (tertiary/aromatic N) is 3. The third kappa shape index (κ3) is 3.78. The van der Waals surface area contributed by atoms with Crippen molar-refractivity contribution in [2.24, 2.45) is 0 Å². The first-order valence-electron chi connectivity index (χ1n) is 7.67. The lowest BCUT2D eigenvalue weighted by molar-refractivity contribution is 0.0180. The van der Waals surface area contributed by atoms with E-state index < -0.39 is 23.2 Å². The van der Waals surface area contributed by atoms with Crippen LogP contribution < -0.4 is 0 Å². The van der Waals surface area contributed by atoms with Crippen LogP contribution in [0.4, 0.5) is 4.79 Å². The summed E-state index contributed by atoms with van der Waals surface area (Å²) in [6.45, 7) is 7.46. The molecule has 1 amide bonds. The van der Waals surface area contributed by atoms with Crippen LogP contribution in [0, 0.1) is 0 Å². The lowest BCUT2D eigenvalue weighted by Crippen LogP contribution is -2.41. The number of hydrogen-bond donors (Lipinski definition) is 0. The van der Waals surface area contributed by atoms with Crippen LogP contribution in [-0.2, 0) is 15.0 Å². The highest BCUT2D eigenvalue weighted by atomic mass is 16.6. The van der Waals surface area contributed by atoms with Gasteiger partial charge >= 0.3 is 12.1 Å². The molecule has 0 radical (unpaired) electrons. The fourth-order valence-electron chi connectivity index (χ4n) is 2.23. The fraction of sp³-hybridized carbons (Fsp3) is 0.625.